The molecule has 1 N–H and O–H groups in total. The van der Waals surface area contributed by atoms with Gasteiger partial charge in [-0.1, -0.05) is 30.3 Å². The van der Waals surface area contributed by atoms with Gasteiger partial charge in [-0.2, -0.15) is 0 Å². The molecule has 2 aromatic rings. The molecule has 6 rings (SSSR count). The number of nitrogens with one attached hydrogen (secondary N) is 1. The Hall–Kier alpha value is -2.14. The molecule has 2 saturated heterocycles. The number of fused-ring (bicyclic) bond motifs is 4. The van der Waals surface area contributed by atoms with Crippen molar-refractivity contribution in [3.05, 3.63) is 64.7 Å². The van der Waals surface area contributed by atoms with Crippen LogP contribution in [-0.2, 0) is 12.8 Å². The molecule has 0 radical (unpaired) electrons. The highest BCUT2D eigenvalue weighted by molar-refractivity contribution is 5.99. The van der Waals surface area contributed by atoms with E-state index in [1.807, 2.05) is 0 Å². The van der Waals surface area contributed by atoms with E-state index in [9.17, 15) is 0 Å². The fraction of sp³-hybridized carbons (Fsp3) is 0.548. The van der Waals surface area contributed by atoms with E-state index in [0.29, 0.717) is 12.1 Å². The van der Waals surface area contributed by atoms with Gasteiger partial charge in [0.2, 0.25) is 0 Å². The Morgan fingerprint density at radius 2 is 1.63 bits per heavy atom. The van der Waals surface area contributed by atoms with Crippen LogP contribution in [0.4, 0.5) is 5.69 Å². The smallest absolute Gasteiger partial charge is 0.0372 e. The first-order valence-electron chi connectivity index (χ1n) is 14.0. The largest absolute Gasteiger partial charge is 0.371 e. The SMILES string of the molecule is CC(C)N1CCN(CCNC2CCN(c3ccc4c(c3)C3=C(CC4)c4ccccc4C3)CC2)CC1. The maximum absolute atomic E-state index is 3.88. The summed E-state index contributed by atoms with van der Waals surface area (Å²) in [6.07, 6.45) is 5.99. The molecule has 0 saturated carbocycles. The predicted molar refractivity (Wildman–Crippen MR) is 148 cm³/mol. The molecule has 0 spiro atoms. The monoisotopic (exact) mass is 470 g/mol. The second kappa shape index (κ2) is 10.1. The molecule has 35 heavy (non-hydrogen) atoms. The Bertz CT molecular complexity index is 1070. The number of hydrogen-bond acceptors (Lipinski definition) is 4. The lowest BCUT2D eigenvalue weighted by Gasteiger charge is -2.38. The van der Waals surface area contributed by atoms with Crippen LogP contribution in [0.2, 0.25) is 0 Å². The van der Waals surface area contributed by atoms with E-state index >= 15 is 0 Å². The zero-order valence-electron chi connectivity index (χ0n) is 21.7. The molecule has 2 heterocycles. The number of piperazine rings is 1. The van der Waals surface area contributed by atoms with E-state index in [4.69, 9.17) is 0 Å². The van der Waals surface area contributed by atoms with Gasteiger partial charge in [-0.3, -0.25) is 9.80 Å². The van der Waals surface area contributed by atoms with Crippen LogP contribution < -0.4 is 10.2 Å². The van der Waals surface area contributed by atoms with Crippen LogP contribution in [-0.4, -0.2) is 74.2 Å². The zero-order valence-corrected chi connectivity index (χ0v) is 21.7. The number of anilines is 1. The number of hydrogen-bond donors (Lipinski definition) is 1. The van der Waals surface area contributed by atoms with Gasteiger partial charge in [-0.05, 0) is 91.5 Å². The Kier molecular flexibility index (Phi) is 6.70. The third-order valence-corrected chi connectivity index (χ3v) is 9.00. The van der Waals surface area contributed by atoms with Gasteiger partial charge < -0.3 is 10.2 Å². The molecule has 2 aliphatic carbocycles. The van der Waals surface area contributed by atoms with Crippen LogP contribution in [0, 0.1) is 0 Å². The number of aryl methyl sites for hydroxylation is 1. The summed E-state index contributed by atoms with van der Waals surface area (Å²) in [6, 6.07) is 17.7. The molecule has 0 bridgehead atoms. The Labute approximate surface area is 212 Å². The number of allylic oxidation sites excluding steroid dienone is 2. The summed E-state index contributed by atoms with van der Waals surface area (Å²) in [7, 11) is 0. The normalized spacial score (nSPS) is 21.4. The molecular formula is C31H42N4. The third kappa shape index (κ3) is 4.81. The standard InChI is InChI=1S/C31H42N4/c1-23(2)34-19-17-33(18-20-34)16-13-32-26-11-14-35(15-12-26)27-9-7-24-8-10-29-28-6-4-3-5-25(28)21-31(29)30(24)22-27/h3-7,9,22-23,26,32H,8,10-21H2,1-2H3. The number of benzene rings is 2. The maximum Gasteiger partial charge on any atom is 0.0372 e. The molecular weight excluding hydrogens is 428 g/mol. The first kappa shape index (κ1) is 23.3. The van der Waals surface area contributed by atoms with Gasteiger partial charge in [0.25, 0.3) is 0 Å². The van der Waals surface area contributed by atoms with Crippen molar-refractivity contribution in [3.63, 3.8) is 0 Å². The average molecular weight is 471 g/mol. The van der Waals surface area contributed by atoms with E-state index in [1.54, 1.807) is 16.7 Å². The molecule has 4 nitrogen and oxygen atoms in total. The highest BCUT2D eigenvalue weighted by Crippen LogP contribution is 2.45. The van der Waals surface area contributed by atoms with Gasteiger partial charge in [0.15, 0.2) is 0 Å². The van der Waals surface area contributed by atoms with Crippen LogP contribution in [0.15, 0.2) is 42.5 Å². The third-order valence-electron chi connectivity index (χ3n) is 9.00. The van der Waals surface area contributed by atoms with Crippen molar-refractivity contribution in [1.29, 1.82) is 0 Å². The summed E-state index contributed by atoms with van der Waals surface area (Å²) >= 11 is 0. The quantitative estimate of drug-likeness (QED) is 0.661. The molecule has 186 valence electrons. The highest BCUT2D eigenvalue weighted by atomic mass is 15.3. The predicted octanol–water partition coefficient (Wildman–Crippen LogP) is 4.68. The summed E-state index contributed by atoms with van der Waals surface area (Å²) in [5.41, 5.74) is 10.7. The number of nitrogens with zero attached hydrogens (tertiary/aromatic N) is 3. The summed E-state index contributed by atoms with van der Waals surface area (Å²) in [5.74, 6) is 0. The van der Waals surface area contributed by atoms with Crippen LogP contribution in [0.5, 0.6) is 0 Å². The van der Waals surface area contributed by atoms with Crippen LogP contribution in [0.1, 0.15) is 55.4 Å². The molecule has 2 aromatic carbocycles. The van der Waals surface area contributed by atoms with Crippen molar-refractivity contribution in [2.45, 2.75) is 58.0 Å². The molecule has 4 aliphatic rings. The van der Waals surface area contributed by atoms with E-state index in [2.05, 4.69) is 76.3 Å². The van der Waals surface area contributed by atoms with Crippen molar-refractivity contribution in [2.75, 3.05) is 57.3 Å². The molecule has 0 atom stereocenters. The van der Waals surface area contributed by atoms with Gasteiger partial charge in [0.1, 0.15) is 0 Å². The van der Waals surface area contributed by atoms with Crippen molar-refractivity contribution in [2.24, 2.45) is 0 Å². The highest BCUT2D eigenvalue weighted by Gasteiger charge is 2.28. The minimum Gasteiger partial charge on any atom is -0.371 e. The first-order chi connectivity index (χ1) is 17.2. The lowest BCUT2D eigenvalue weighted by molar-refractivity contribution is 0.108. The van der Waals surface area contributed by atoms with Crippen LogP contribution in [0.25, 0.3) is 11.1 Å². The minimum atomic E-state index is 0.666. The topological polar surface area (TPSA) is 21.8 Å². The Balaban J connectivity index is 1.02. The van der Waals surface area contributed by atoms with Crippen molar-refractivity contribution < 1.29 is 0 Å². The zero-order chi connectivity index (χ0) is 23.8. The lowest BCUT2D eigenvalue weighted by atomic mass is 9.85. The van der Waals surface area contributed by atoms with E-state index in [-0.39, 0.29) is 0 Å². The minimum absolute atomic E-state index is 0.666. The number of rotatable bonds is 6. The summed E-state index contributed by atoms with van der Waals surface area (Å²) in [5, 5.41) is 3.88. The fourth-order valence-corrected chi connectivity index (χ4v) is 6.76. The van der Waals surface area contributed by atoms with Gasteiger partial charge in [-0.15, -0.1) is 0 Å². The maximum atomic E-state index is 3.88. The summed E-state index contributed by atoms with van der Waals surface area (Å²) in [6.45, 7) is 14.2. The average Bonchev–Trinajstić information content (AvgIpc) is 3.28. The molecule has 4 heteroatoms. The van der Waals surface area contributed by atoms with E-state index in [0.717, 1.165) is 26.1 Å². The Morgan fingerprint density at radius 3 is 2.43 bits per heavy atom. The molecule has 2 fully saturated rings. The van der Waals surface area contributed by atoms with Crippen molar-refractivity contribution in [1.82, 2.24) is 15.1 Å². The first-order valence-corrected chi connectivity index (χ1v) is 14.0. The van der Waals surface area contributed by atoms with E-state index in [1.165, 1.54) is 80.8 Å². The van der Waals surface area contributed by atoms with Crippen molar-refractivity contribution >= 4 is 16.8 Å². The van der Waals surface area contributed by atoms with Crippen molar-refractivity contribution in [3.8, 4) is 0 Å². The van der Waals surface area contributed by atoms with Crippen LogP contribution >= 0.6 is 0 Å². The lowest BCUT2D eigenvalue weighted by Crippen LogP contribution is -2.51. The van der Waals surface area contributed by atoms with Gasteiger partial charge in [0, 0.05) is 70.1 Å². The molecule has 0 aromatic heterocycles. The van der Waals surface area contributed by atoms with Gasteiger partial charge >= 0.3 is 0 Å². The van der Waals surface area contributed by atoms with Crippen LogP contribution in [0.3, 0.4) is 0 Å². The van der Waals surface area contributed by atoms with Gasteiger partial charge in [-0.25, -0.2) is 0 Å². The molecule has 0 unspecified atom stereocenters. The number of piperidine rings is 1. The van der Waals surface area contributed by atoms with E-state index < -0.39 is 0 Å². The Morgan fingerprint density at radius 1 is 0.829 bits per heavy atom. The van der Waals surface area contributed by atoms with Gasteiger partial charge in [0.05, 0.1) is 0 Å². The fourth-order valence-electron chi connectivity index (χ4n) is 6.76. The molecule has 0 amide bonds. The summed E-state index contributed by atoms with van der Waals surface area (Å²) < 4.78 is 0. The summed E-state index contributed by atoms with van der Waals surface area (Å²) in [4.78, 5) is 7.86. The second-order valence-electron chi connectivity index (χ2n) is 11.3. The molecule has 2 aliphatic heterocycles. The second-order valence-corrected chi connectivity index (χ2v) is 11.3.